The van der Waals surface area contributed by atoms with Gasteiger partial charge in [-0.05, 0) is 32.1 Å². The van der Waals surface area contributed by atoms with Crippen LogP contribution in [0, 0.1) is 0 Å². The monoisotopic (exact) mass is 222 g/mol. The van der Waals surface area contributed by atoms with Crippen LogP contribution in [0.4, 0.5) is 0 Å². The molecular weight excluding hydrogens is 208 g/mol. The molecule has 0 bridgehead atoms. The van der Waals surface area contributed by atoms with Crippen molar-refractivity contribution in [2.45, 2.75) is 13.0 Å². The topological polar surface area (TPSA) is 34.0 Å². The summed E-state index contributed by atoms with van der Waals surface area (Å²) in [6, 6.07) is 7.77. The fourth-order valence-corrected chi connectivity index (χ4v) is 2.60. The second-order valence-corrected chi connectivity index (χ2v) is 4.51. The second-order valence-electron chi connectivity index (χ2n) is 3.45. The molecule has 80 valence electrons. The van der Waals surface area contributed by atoms with E-state index in [4.69, 9.17) is 0 Å². The summed E-state index contributed by atoms with van der Waals surface area (Å²) in [4.78, 5) is 11.9. The maximum absolute atomic E-state index is 11.9. The van der Waals surface area contributed by atoms with Crippen LogP contribution >= 0.6 is 11.5 Å². The predicted octanol–water partition coefficient (Wildman–Crippen LogP) is 1.67. The van der Waals surface area contributed by atoms with Gasteiger partial charge in [0, 0.05) is 6.54 Å². The molecule has 0 unspecified atom stereocenters. The number of rotatable bonds is 4. The number of aromatic nitrogens is 1. The van der Waals surface area contributed by atoms with Gasteiger partial charge in [0.2, 0.25) is 0 Å². The van der Waals surface area contributed by atoms with Gasteiger partial charge in [-0.25, -0.2) is 0 Å². The van der Waals surface area contributed by atoms with Gasteiger partial charge in [0.25, 0.3) is 5.56 Å². The Morgan fingerprint density at radius 2 is 2.20 bits per heavy atom. The van der Waals surface area contributed by atoms with E-state index in [2.05, 4.69) is 5.32 Å². The van der Waals surface area contributed by atoms with Crippen molar-refractivity contribution in [3.8, 4) is 0 Å². The molecule has 3 nitrogen and oxygen atoms in total. The summed E-state index contributed by atoms with van der Waals surface area (Å²) in [6.45, 7) is 1.75. The van der Waals surface area contributed by atoms with Crippen LogP contribution in [0.2, 0.25) is 0 Å². The molecule has 2 rings (SSSR count). The Morgan fingerprint density at radius 3 is 2.93 bits per heavy atom. The first-order valence-electron chi connectivity index (χ1n) is 5.06. The SMILES string of the molecule is CNCCCn1sc2ccccc2c1=O. The van der Waals surface area contributed by atoms with Gasteiger partial charge < -0.3 is 5.32 Å². The quantitative estimate of drug-likeness (QED) is 0.798. The van der Waals surface area contributed by atoms with Crippen molar-refractivity contribution in [1.82, 2.24) is 9.27 Å². The number of hydrogen-bond acceptors (Lipinski definition) is 3. The highest BCUT2D eigenvalue weighted by atomic mass is 32.1. The molecule has 0 saturated heterocycles. The van der Waals surface area contributed by atoms with Crippen molar-refractivity contribution in [2.24, 2.45) is 0 Å². The van der Waals surface area contributed by atoms with Crippen molar-refractivity contribution in [3.05, 3.63) is 34.6 Å². The first-order valence-corrected chi connectivity index (χ1v) is 5.83. The molecule has 0 atom stereocenters. The Kier molecular flexibility index (Phi) is 3.18. The van der Waals surface area contributed by atoms with Gasteiger partial charge >= 0.3 is 0 Å². The first kappa shape index (κ1) is 10.4. The van der Waals surface area contributed by atoms with Gasteiger partial charge in [0.1, 0.15) is 0 Å². The number of benzene rings is 1. The highest BCUT2D eigenvalue weighted by Gasteiger charge is 2.05. The molecule has 0 aliphatic rings. The van der Waals surface area contributed by atoms with Crippen molar-refractivity contribution in [2.75, 3.05) is 13.6 Å². The van der Waals surface area contributed by atoms with Gasteiger partial charge in [0.05, 0.1) is 10.1 Å². The van der Waals surface area contributed by atoms with E-state index in [1.165, 1.54) is 0 Å². The van der Waals surface area contributed by atoms with Gasteiger partial charge in [-0.3, -0.25) is 8.75 Å². The molecule has 0 aliphatic carbocycles. The largest absolute Gasteiger partial charge is 0.320 e. The summed E-state index contributed by atoms with van der Waals surface area (Å²) in [5, 5.41) is 3.92. The van der Waals surface area contributed by atoms with Crippen LogP contribution in [0.1, 0.15) is 6.42 Å². The summed E-state index contributed by atoms with van der Waals surface area (Å²) in [5.74, 6) is 0. The average molecular weight is 222 g/mol. The summed E-state index contributed by atoms with van der Waals surface area (Å²) in [5.41, 5.74) is 0.145. The summed E-state index contributed by atoms with van der Waals surface area (Å²) < 4.78 is 2.91. The number of hydrogen-bond donors (Lipinski definition) is 1. The normalized spacial score (nSPS) is 11.0. The van der Waals surface area contributed by atoms with E-state index >= 15 is 0 Å². The lowest BCUT2D eigenvalue weighted by Gasteiger charge is -1.98. The van der Waals surface area contributed by atoms with E-state index in [0.717, 1.165) is 29.6 Å². The molecule has 4 heteroatoms. The van der Waals surface area contributed by atoms with Crippen LogP contribution in [0.25, 0.3) is 10.1 Å². The molecule has 0 saturated carbocycles. The fraction of sp³-hybridized carbons (Fsp3) is 0.364. The zero-order valence-electron chi connectivity index (χ0n) is 8.69. The molecule has 15 heavy (non-hydrogen) atoms. The average Bonchev–Trinajstić information content (AvgIpc) is 2.57. The van der Waals surface area contributed by atoms with Crippen molar-refractivity contribution in [3.63, 3.8) is 0 Å². The molecule has 0 spiro atoms. The van der Waals surface area contributed by atoms with Crippen molar-refractivity contribution < 1.29 is 0 Å². The Labute approximate surface area is 92.5 Å². The number of fused-ring (bicyclic) bond motifs is 1. The summed E-state index contributed by atoms with van der Waals surface area (Å²) in [6.07, 6.45) is 0.989. The van der Waals surface area contributed by atoms with Gasteiger partial charge in [-0.2, -0.15) is 0 Å². The van der Waals surface area contributed by atoms with E-state index in [1.807, 2.05) is 35.3 Å². The van der Waals surface area contributed by atoms with Gasteiger partial charge in [-0.15, -0.1) is 0 Å². The van der Waals surface area contributed by atoms with Crippen LogP contribution < -0.4 is 10.9 Å². The summed E-state index contributed by atoms with van der Waals surface area (Å²) in [7, 11) is 1.92. The van der Waals surface area contributed by atoms with Crippen LogP contribution in [-0.4, -0.2) is 17.5 Å². The number of nitrogens with one attached hydrogen (secondary N) is 1. The lowest BCUT2D eigenvalue weighted by Crippen LogP contribution is -2.16. The van der Waals surface area contributed by atoms with Crippen molar-refractivity contribution in [1.29, 1.82) is 0 Å². The van der Waals surface area contributed by atoms with Crippen LogP contribution in [0.3, 0.4) is 0 Å². The molecule has 1 aromatic carbocycles. The Balaban J connectivity index is 2.28. The zero-order chi connectivity index (χ0) is 10.7. The molecule has 0 amide bonds. The first-order chi connectivity index (χ1) is 7.33. The molecule has 0 aliphatic heterocycles. The van der Waals surface area contributed by atoms with Crippen LogP contribution in [0.5, 0.6) is 0 Å². The van der Waals surface area contributed by atoms with Crippen LogP contribution in [-0.2, 0) is 6.54 Å². The minimum absolute atomic E-state index is 0.145. The molecule has 1 heterocycles. The molecule has 1 N–H and O–H groups in total. The zero-order valence-corrected chi connectivity index (χ0v) is 9.51. The lowest BCUT2D eigenvalue weighted by molar-refractivity contribution is 0.635. The van der Waals surface area contributed by atoms with Gasteiger partial charge in [-0.1, -0.05) is 23.7 Å². The highest BCUT2D eigenvalue weighted by Crippen LogP contribution is 2.15. The maximum Gasteiger partial charge on any atom is 0.268 e. The van der Waals surface area contributed by atoms with Crippen LogP contribution in [0.15, 0.2) is 29.1 Å². The highest BCUT2D eigenvalue weighted by molar-refractivity contribution is 7.13. The van der Waals surface area contributed by atoms with Gasteiger partial charge in [0.15, 0.2) is 0 Å². The van der Waals surface area contributed by atoms with E-state index in [-0.39, 0.29) is 5.56 Å². The fourth-order valence-electron chi connectivity index (χ4n) is 1.56. The lowest BCUT2D eigenvalue weighted by atomic mass is 10.3. The van der Waals surface area contributed by atoms with E-state index in [9.17, 15) is 4.79 Å². The van der Waals surface area contributed by atoms with E-state index < -0.39 is 0 Å². The number of nitrogens with zero attached hydrogens (tertiary/aromatic N) is 1. The minimum Gasteiger partial charge on any atom is -0.320 e. The predicted molar refractivity (Wildman–Crippen MR) is 64.6 cm³/mol. The Hall–Kier alpha value is -1.13. The standard InChI is InChI=1S/C11H14N2OS/c1-12-7-4-8-13-11(14)9-5-2-3-6-10(9)15-13/h2-3,5-6,12H,4,7-8H2,1H3. The minimum atomic E-state index is 0.145. The third-order valence-electron chi connectivity index (χ3n) is 2.34. The Morgan fingerprint density at radius 1 is 1.40 bits per heavy atom. The molecule has 0 radical (unpaired) electrons. The summed E-state index contributed by atoms with van der Waals surface area (Å²) >= 11 is 1.55. The maximum atomic E-state index is 11.9. The molecule has 1 aromatic heterocycles. The smallest absolute Gasteiger partial charge is 0.268 e. The number of aryl methyl sites for hydroxylation is 1. The van der Waals surface area contributed by atoms with Crippen molar-refractivity contribution >= 4 is 21.6 Å². The van der Waals surface area contributed by atoms with E-state index in [1.54, 1.807) is 11.5 Å². The third-order valence-corrected chi connectivity index (χ3v) is 3.46. The second kappa shape index (κ2) is 4.59. The van der Waals surface area contributed by atoms with E-state index in [0.29, 0.717) is 0 Å². The Bertz CT molecular complexity index is 501. The molecule has 0 fully saturated rings. The third kappa shape index (κ3) is 2.11. The molecular formula is C11H14N2OS. The molecule has 2 aromatic rings.